The van der Waals surface area contributed by atoms with E-state index in [1.807, 2.05) is 47.4 Å². The number of rotatable bonds is 6. The Morgan fingerprint density at radius 3 is 2.00 bits per heavy atom. The van der Waals surface area contributed by atoms with Crippen LogP contribution >= 0.6 is 0 Å². The van der Waals surface area contributed by atoms with Crippen molar-refractivity contribution in [1.29, 1.82) is 0 Å². The maximum absolute atomic E-state index is 12.5. The molecule has 1 amide bonds. The molecule has 0 radical (unpaired) electrons. The van der Waals surface area contributed by atoms with Crippen LogP contribution in [0.1, 0.15) is 11.1 Å². The van der Waals surface area contributed by atoms with Gasteiger partial charge in [-0.3, -0.25) is 9.69 Å². The van der Waals surface area contributed by atoms with E-state index in [1.54, 1.807) is 14.2 Å². The maximum Gasteiger partial charge on any atom is 0.414 e. The molecule has 3 rings (SSSR count). The molecule has 2 N–H and O–H groups in total. The summed E-state index contributed by atoms with van der Waals surface area (Å²) in [5.41, 5.74) is 2.18. The van der Waals surface area contributed by atoms with E-state index >= 15 is 0 Å². The number of carboxylic acid groups (broad SMARTS) is 2. The van der Waals surface area contributed by atoms with Gasteiger partial charge in [0.25, 0.3) is 0 Å². The molecule has 0 aliphatic carbocycles. The van der Waals surface area contributed by atoms with Gasteiger partial charge in [0.1, 0.15) is 0 Å². The summed E-state index contributed by atoms with van der Waals surface area (Å²) < 4.78 is 10.9. The average Bonchev–Trinajstić information content (AvgIpc) is 2.80. The van der Waals surface area contributed by atoms with Crippen LogP contribution in [0.4, 0.5) is 0 Å². The van der Waals surface area contributed by atoms with Crippen LogP contribution in [0.5, 0.6) is 11.5 Å². The maximum atomic E-state index is 12.5. The molecule has 0 unspecified atom stereocenters. The predicted molar refractivity (Wildman–Crippen MR) is 117 cm³/mol. The van der Waals surface area contributed by atoms with E-state index < -0.39 is 11.9 Å². The third kappa shape index (κ3) is 7.28. The van der Waals surface area contributed by atoms with E-state index in [9.17, 15) is 4.79 Å². The van der Waals surface area contributed by atoms with Crippen LogP contribution in [0.15, 0.2) is 48.5 Å². The summed E-state index contributed by atoms with van der Waals surface area (Å²) in [5.74, 6) is -1.90. The first-order chi connectivity index (χ1) is 15.3. The van der Waals surface area contributed by atoms with Gasteiger partial charge in [0.15, 0.2) is 11.5 Å². The molecule has 2 aromatic carbocycles. The van der Waals surface area contributed by atoms with Crippen LogP contribution < -0.4 is 9.47 Å². The quantitative estimate of drug-likeness (QED) is 0.648. The molecule has 9 heteroatoms. The molecule has 1 heterocycles. The number of carboxylic acids is 2. The molecule has 0 bridgehead atoms. The fourth-order valence-corrected chi connectivity index (χ4v) is 3.36. The molecule has 0 spiro atoms. The first-order valence-corrected chi connectivity index (χ1v) is 10.1. The number of ether oxygens (including phenoxy) is 2. The van der Waals surface area contributed by atoms with E-state index in [0.29, 0.717) is 6.42 Å². The van der Waals surface area contributed by atoms with Crippen molar-refractivity contribution in [2.24, 2.45) is 0 Å². The van der Waals surface area contributed by atoms with Crippen LogP contribution in [0.2, 0.25) is 0 Å². The highest BCUT2D eigenvalue weighted by atomic mass is 16.5. The van der Waals surface area contributed by atoms with E-state index in [4.69, 9.17) is 29.3 Å². The Hall–Kier alpha value is -3.59. The first kappa shape index (κ1) is 24.7. The molecular formula is C23H28N2O7. The molecule has 0 atom stereocenters. The first-order valence-electron chi connectivity index (χ1n) is 10.1. The van der Waals surface area contributed by atoms with E-state index in [1.165, 1.54) is 0 Å². The normalized spacial score (nSPS) is 13.5. The van der Waals surface area contributed by atoms with Crippen molar-refractivity contribution in [3.05, 3.63) is 59.7 Å². The van der Waals surface area contributed by atoms with Crippen LogP contribution in [0, 0.1) is 0 Å². The monoisotopic (exact) mass is 444 g/mol. The zero-order valence-corrected chi connectivity index (χ0v) is 18.2. The number of methoxy groups -OCH3 is 2. The SMILES string of the molecule is COc1cccc(CN2CCN(C(=O)Cc3ccccc3)CC2)c1OC.O=C(O)C(=O)O. The molecule has 9 nitrogen and oxygen atoms in total. The topological polar surface area (TPSA) is 117 Å². The summed E-state index contributed by atoms with van der Waals surface area (Å²) in [7, 11) is 3.32. The minimum absolute atomic E-state index is 0.204. The number of para-hydroxylation sites is 1. The summed E-state index contributed by atoms with van der Waals surface area (Å²) in [6, 6.07) is 15.9. The van der Waals surface area contributed by atoms with Crippen LogP contribution in [-0.2, 0) is 27.3 Å². The van der Waals surface area contributed by atoms with Gasteiger partial charge < -0.3 is 24.6 Å². The molecule has 1 saturated heterocycles. The van der Waals surface area contributed by atoms with Crippen molar-refractivity contribution in [2.45, 2.75) is 13.0 Å². The molecule has 1 aliphatic heterocycles. The lowest BCUT2D eigenvalue weighted by atomic mass is 10.1. The highest BCUT2D eigenvalue weighted by molar-refractivity contribution is 6.27. The number of nitrogens with zero attached hydrogens (tertiary/aromatic N) is 2. The highest BCUT2D eigenvalue weighted by Gasteiger charge is 2.22. The van der Waals surface area contributed by atoms with Gasteiger partial charge in [0.2, 0.25) is 5.91 Å². The van der Waals surface area contributed by atoms with Crippen LogP contribution in [-0.4, -0.2) is 78.3 Å². The molecule has 32 heavy (non-hydrogen) atoms. The third-order valence-corrected chi connectivity index (χ3v) is 4.98. The number of carbonyl (C=O) groups is 3. The van der Waals surface area contributed by atoms with E-state index in [2.05, 4.69) is 11.0 Å². The lowest BCUT2D eigenvalue weighted by molar-refractivity contribution is -0.159. The van der Waals surface area contributed by atoms with Crippen molar-refractivity contribution >= 4 is 17.8 Å². The number of aliphatic carboxylic acids is 2. The molecule has 0 saturated carbocycles. The van der Waals surface area contributed by atoms with Gasteiger partial charge in [-0.1, -0.05) is 42.5 Å². The number of amides is 1. The Morgan fingerprint density at radius 1 is 0.844 bits per heavy atom. The van der Waals surface area contributed by atoms with Gasteiger partial charge >= 0.3 is 11.9 Å². The number of hydrogen-bond acceptors (Lipinski definition) is 6. The Bertz CT molecular complexity index is 898. The van der Waals surface area contributed by atoms with Crippen LogP contribution in [0.25, 0.3) is 0 Å². The Morgan fingerprint density at radius 2 is 1.47 bits per heavy atom. The Labute approximate surface area is 186 Å². The largest absolute Gasteiger partial charge is 0.493 e. The van der Waals surface area contributed by atoms with Gasteiger partial charge in [-0.2, -0.15) is 0 Å². The van der Waals surface area contributed by atoms with Crippen molar-refractivity contribution in [1.82, 2.24) is 9.80 Å². The minimum Gasteiger partial charge on any atom is -0.493 e. The number of carbonyl (C=O) groups excluding carboxylic acids is 1. The Kier molecular flexibility index (Phi) is 9.49. The fraction of sp³-hybridized carbons (Fsp3) is 0.348. The second-order valence-corrected chi connectivity index (χ2v) is 7.08. The zero-order valence-electron chi connectivity index (χ0n) is 18.2. The van der Waals surface area contributed by atoms with Gasteiger partial charge in [0, 0.05) is 38.3 Å². The summed E-state index contributed by atoms with van der Waals surface area (Å²) in [6.07, 6.45) is 0.477. The summed E-state index contributed by atoms with van der Waals surface area (Å²) in [4.78, 5) is 35.0. The number of hydrogen-bond donors (Lipinski definition) is 2. The second kappa shape index (κ2) is 12.3. The molecule has 0 aromatic heterocycles. The lowest BCUT2D eigenvalue weighted by Crippen LogP contribution is -2.48. The number of benzene rings is 2. The predicted octanol–water partition coefficient (Wildman–Crippen LogP) is 1.75. The van der Waals surface area contributed by atoms with Gasteiger partial charge in [0.05, 0.1) is 20.6 Å². The number of piperazine rings is 1. The van der Waals surface area contributed by atoms with Gasteiger partial charge in [-0.15, -0.1) is 0 Å². The lowest BCUT2D eigenvalue weighted by Gasteiger charge is -2.35. The van der Waals surface area contributed by atoms with Crippen molar-refractivity contribution in [2.75, 3.05) is 40.4 Å². The summed E-state index contributed by atoms with van der Waals surface area (Å²) in [6.45, 7) is 4.04. The minimum atomic E-state index is -1.82. The van der Waals surface area contributed by atoms with E-state index in [-0.39, 0.29) is 5.91 Å². The molecule has 172 valence electrons. The summed E-state index contributed by atoms with van der Waals surface area (Å²) >= 11 is 0. The van der Waals surface area contributed by atoms with Crippen molar-refractivity contribution in [3.8, 4) is 11.5 Å². The standard InChI is InChI=1S/C21H26N2O3.C2H2O4/c1-25-19-10-6-9-18(21(19)26-2)16-22-11-13-23(14-12-22)20(24)15-17-7-4-3-5-8-17;3-1(4)2(5)6/h3-10H,11-16H2,1-2H3;(H,3,4)(H,5,6). The second-order valence-electron chi connectivity index (χ2n) is 7.08. The zero-order chi connectivity index (χ0) is 23.5. The molecule has 1 aliphatic rings. The van der Waals surface area contributed by atoms with Gasteiger partial charge in [-0.05, 0) is 11.6 Å². The van der Waals surface area contributed by atoms with Gasteiger partial charge in [-0.25, -0.2) is 9.59 Å². The molecule has 2 aromatic rings. The highest BCUT2D eigenvalue weighted by Crippen LogP contribution is 2.31. The average molecular weight is 444 g/mol. The van der Waals surface area contributed by atoms with Crippen molar-refractivity contribution < 1.29 is 34.1 Å². The molecule has 1 fully saturated rings. The summed E-state index contributed by atoms with van der Waals surface area (Å²) in [5, 5.41) is 14.8. The van der Waals surface area contributed by atoms with E-state index in [0.717, 1.165) is 55.3 Å². The van der Waals surface area contributed by atoms with Crippen LogP contribution in [0.3, 0.4) is 0 Å². The smallest absolute Gasteiger partial charge is 0.414 e. The third-order valence-electron chi connectivity index (χ3n) is 4.98. The Balaban J connectivity index is 0.000000534. The fourth-order valence-electron chi connectivity index (χ4n) is 3.36. The van der Waals surface area contributed by atoms with Crippen molar-refractivity contribution in [3.63, 3.8) is 0 Å². The molecular weight excluding hydrogens is 416 g/mol.